The fourth-order valence-corrected chi connectivity index (χ4v) is 1.30. The standard InChI is InChI=1S/C11H10F3NO4/c12-11(13,14)8(7(16)10(18)19)15-9(17)6-4-2-1-3-5-6/h1-5,7-8,16H,(H,15,17)(H,18,19)/t7-,8-/m1/s1. The van der Waals surface area contributed by atoms with E-state index in [2.05, 4.69) is 0 Å². The van der Waals surface area contributed by atoms with E-state index < -0.39 is 30.2 Å². The number of carboxylic acids is 1. The molecular weight excluding hydrogens is 267 g/mol. The predicted octanol–water partition coefficient (Wildman–Crippen LogP) is 0.793. The van der Waals surface area contributed by atoms with Gasteiger partial charge >= 0.3 is 12.1 Å². The van der Waals surface area contributed by atoms with Crippen LogP contribution < -0.4 is 5.32 Å². The monoisotopic (exact) mass is 277 g/mol. The van der Waals surface area contributed by atoms with Crippen LogP contribution in [-0.4, -0.2) is 40.4 Å². The highest BCUT2D eigenvalue weighted by atomic mass is 19.4. The lowest BCUT2D eigenvalue weighted by Crippen LogP contribution is -2.55. The van der Waals surface area contributed by atoms with E-state index in [4.69, 9.17) is 10.2 Å². The summed E-state index contributed by atoms with van der Waals surface area (Å²) in [6.45, 7) is 0. The van der Waals surface area contributed by atoms with E-state index in [0.29, 0.717) is 0 Å². The molecule has 0 unspecified atom stereocenters. The Kier molecular flexibility index (Phi) is 4.49. The summed E-state index contributed by atoms with van der Waals surface area (Å²) in [4.78, 5) is 21.9. The predicted molar refractivity (Wildman–Crippen MR) is 57.4 cm³/mol. The molecule has 8 heteroatoms. The molecule has 0 fully saturated rings. The molecule has 1 rings (SSSR count). The van der Waals surface area contributed by atoms with Gasteiger partial charge in [-0.15, -0.1) is 0 Å². The number of aliphatic hydroxyl groups excluding tert-OH is 1. The van der Waals surface area contributed by atoms with Crippen LogP contribution in [0.25, 0.3) is 0 Å². The summed E-state index contributed by atoms with van der Waals surface area (Å²) in [5.74, 6) is -3.20. The molecule has 2 atom stereocenters. The molecule has 1 aromatic carbocycles. The van der Waals surface area contributed by atoms with Gasteiger partial charge in [0, 0.05) is 5.56 Å². The quantitative estimate of drug-likeness (QED) is 0.759. The number of nitrogens with one attached hydrogen (secondary N) is 1. The fraction of sp³-hybridized carbons (Fsp3) is 0.273. The zero-order valence-corrected chi connectivity index (χ0v) is 9.39. The Hall–Kier alpha value is -2.09. The highest BCUT2D eigenvalue weighted by molar-refractivity contribution is 5.94. The first-order valence-electron chi connectivity index (χ1n) is 5.07. The molecule has 1 amide bonds. The average molecular weight is 277 g/mol. The fourth-order valence-electron chi connectivity index (χ4n) is 1.30. The molecule has 3 N–H and O–H groups in total. The molecule has 0 saturated heterocycles. The summed E-state index contributed by atoms with van der Waals surface area (Å²) in [7, 11) is 0. The van der Waals surface area contributed by atoms with Crippen molar-refractivity contribution in [3.8, 4) is 0 Å². The van der Waals surface area contributed by atoms with Gasteiger partial charge in [0.25, 0.3) is 5.91 Å². The third-order valence-electron chi connectivity index (χ3n) is 2.24. The highest BCUT2D eigenvalue weighted by Crippen LogP contribution is 2.23. The van der Waals surface area contributed by atoms with Crippen molar-refractivity contribution in [3.05, 3.63) is 35.9 Å². The molecule has 0 spiro atoms. The normalized spacial score (nSPS) is 14.5. The minimum atomic E-state index is -5.08. The molecule has 104 valence electrons. The van der Waals surface area contributed by atoms with Gasteiger partial charge in [-0.2, -0.15) is 13.2 Å². The van der Waals surface area contributed by atoms with Gasteiger partial charge in [-0.05, 0) is 12.1 Å². The molecule has 0 radical (unpaired) electrons. The number of hydrogen-bond donors (Lipinski definition) is 3. The zero-order valence-electron chi connectivity index (χ0n) is 9.39. The summed E-state index contributed by atoms with van der Waals surface area (Å²) in [6.07, 6.45) is -7.85. The summed E-state index contributed by atoms with van der Waals surface area (Å²) in [6, 6.07) is 4.07. The molecule has 0 aliphatic heterocycles. The number of aliphatic carboxylic acids is 1. The van der Waals surface area contributed by atoms with Crippen molar-refractivity contribution in [2.24, 2.45) is 0 Å². The number of carboxylic acid groups (broad SMARTS) is 1. The third-order valence-corrected chi connectivity index (χ3v) is 2.24. The summed E-state index contributed by atoms with van der Waals surface area (Å²) in [5.41, 5.74) is -0.0747. The number of halogens is 3. The average Bonchev–Trinajstić information content (AvgIpc) is 2.34. The van der Waals surface area contributed by atoms with Crippen molar-refractivity contribution >= 4 is 11.9 Å². The summed E-state index contributed by atoms with van der Waals surface area (Å²) in [5, 5.41) is 18.8. The van der Waals surface area contributed by atoms with Crippen LogP contribution >= 0.6 is 0 Å². The van der Waals surface area contributed by atoms with Gasteiger partial charge in [-0.1, -0.05) is 18.2 Å². The van der Waals surface area contributed by atoms with Gasteiger partial charge < -0.3 is 15.5 Å². The lowest BCUT2D eigenvalue weighted by atomic mass is 10.1. The van der Waals surface area contributed by atoms with Crippen molar-refractivity contribution in [1.29, 1.82) is 0 Å². The first-order valence-corrected chi connectivity index (χ1v) is 5.07. The second kappa shape index (κ2) is 5.70. The van der Waals surface area contributed by atoms with E-state index in [1.54, 1.807) is 6.07 Å². The maximum atomic E-state index is 12.6. The largest absolute Gasteiger partial charge is 0.479 e. The van der Waals surface area contributed by atoms with Gasteiger partial charge in [0.2, 0.25) is 0 Å². The van der Waals surface area contributed by atoms with Crippen molar-refractivity contribution in [2.75, 3.05) is 0 Å². The Morgan fingerprint density at radius 2 is 1.68 bits per heavy atom. The van der Waals surface area contributed by atoms with E-state index in [0.717, 1.165) is 0 Å². The molecule has 0 bridgehead atoms. The van der Waals surface area contributed by atoms with Crippen LogP contribution in [0, 0.1) is 0 Å². The summed E-state index contributed by atoms with van der Waals surface area (Å²) < 4.78 is 37.7. The maximum absolute atomic E-state index is 12.6. The number of aliphatic hydroxyl groups is 1. The highest BCUT2D eigenvalue weighted by Gasteiger charge is 2.48. The third kappa shape index (κ3) is 3.95. The van der Waals surface area contributed by atoms with Crippen molar-refractivity contribution in [2.45, 2.75) is 18.3 Å². The molecule has 0 aromatic heterocycles. The van der Waals surface area contributed by atoms with Crippen molar-refractivity contribution in [3.63, 3.8) is 0 Å². The van der Waals surface area contributed by atoms with Gasteiger partial charge in [-0.25, -0.2) is 4.79 Å². The Morgan fingerprint density at radius 1 is 1.16 bits per heavy atom. The summed E-state index contributed by atoms with van der Waals surface area (Å²) >= 11 is 0. The topological polar surface area (TPSA) is 86.6 Å². The van der Waals surface area contributed by atoms with Crippen LogP contribution in [0.1, 0.15) is 10.4 Å². The molecule has 19 heavy (non-hydrogen) atoms. The maximum Gasteiger partial charge on any atom is 0.411 e. The molecule has 0 aliphatic carbocycles. The smallest absolute Gasteiger partial charge is 0.411 e. The number of carbonyl (C=O) groups is 2. The number of amides is 1. The second-order valence-electron chi connectivity index (χ2n) is 3.64. The number of carbonyl (C=O) groups excluding carboxylic acids is 1. The van der Waals surface area contributed by atoms with Crippen molar-refractivity contribution in [1.82, 2.24) is 5.32 Å². The van der Waals surface area contributed by atoms with E-state index in [-0.39, 0.29) is 5.56 Å². The van der Waals surface area contributed by atoms with Gasteiger partial charge in [0.15, 0.2) is 12.1 Å². The Balaban J connectivity index is 2.91. The van der Waals surface area contributed by atoms with Crippen molar-refractivity contribution < 1.29 is 33.0 Å². The van der Waals surface area contributed by atoms with Crippen LogP contribution in [0.3, 0.4) is 0 Å². The number of alkyl halides is 3. The van der Waals surface area contributed by atoms with Gasteiger partial charge in [0.05, 0.1) is 0 Å². The SMILES string of the molecule is O=C(N[C@H]([C@@H](O)C(=O)O)C(F)(F)F)c1ccccc1. The van der Waals surface area contributed by atoms with Crippen LogP contribution in [0.5, 0.6) is 0 Å². The first-order chi connectivity index (χ1) is 8.73. The van der Waals surface area contributed by atoms with Crippen LogP contribution in [0.15, 0.2) is 30.3 Å². The molecule has 5 nitrogen and oxygen atoms in total. The molecule has 0 heterocycles. The number of hydrogen-bond acceptors (Lipinski definition) is 3. The molecule has 0 saturated carbocycles. The lowest BCUT2D eigenvalue weighted by Gasteiger charge is -2.23. The van der Waals surface area contributed by atoms with E-state index in [1.165, 1.54) is 29.6 Å². The van der Waals surface area contributed by atoms with Gasteiger partial charge in [0.1, 0.15) is 0 Å². The zero-order chi connectivity index (χ0) is 14.6. The minimum Gasteiger partial charge on any atom is -0.479 e. The molecule has 0 aliphatic rings. The second-order valence-corrected chi connectivity index (χ2v) is 3.64. The Bertz CT molecular complexity index is 461. The lowest BCUT2D eigenvalue weighted by molar-refractivity contribution is -0.187. The molecular formula is C11H10F3NO4. The van der Waals surface area contributed by atoms with Crippen LogP contribution in [0.4, 0.5) is 13.2 Å². The molecule has 1 aromatic rings. The number of rotatable bonds is 4. The Morgan fingerprint density at radius 3 is 2.11 bits per heavy atom. The van der Waals surface area contributed by atoms with Crippen LogP contribution in [-0.2, 0) is 4.79 Å². The Labute approximate surface area is 105 Å². The van der Waals surface area contributed by atoms with E-state index in [9.17, 15) is 22.8 Å². The van der Waals surface area contributed by atoms with Gasteiger partial charge in [-0.3, -0.25) is 4.79 Å². The van der Waals surface area contributed by atoms with E-state index in [1.807, 2.05) is 0 Å². The first kappa shape index (κ1) is 15.0. The number of benzene rings is 1. The van der Waals surface area contributed by atoms with E-state index >= 15 is 0 Å². The minimum absolute atomic E-state index is 0.0747. The van der Waals surface area contributed by atoms with Crippen LogP contribution in [0.2, 0.25) is 0 Å².